The molecule has 0 aliphatic carbocycles. The molecule has 0 spiro atoms. The predicted octanol–water partition coefficient (Wildman–Crippen LogP) is 1.16. The molecule has 3 N–H and O–H groups in total. The molecule has 0 aliphatic heterocycles. The summed E-state index contributed by atoms with van der Waals surface area (Å²) in [7, 11) is 4.07. The SMILES string of the molecule is CN(C)CCc1nc(-c2cccc(N)c2)n[nH]1. The Morgan fingerprint density at radius 2 is 2.18 bits per heavy atom. The number of nitrogens with zero attached hydrogens (tertiary/aromatic N) is 3. The molecule has 2 aromatic rings. The van der Waals surface area contributed by atoms with Crippen molar-refractivity contribution >= 4 is 5.69 Å². The van der Waals surface area contributed by atoms with Gasteiger partial charge < -0.3 is 10.6 Å². The molecule has 0 saturated heterocycles. The molecule has 0 unspecified atom stereocenters. The van der Waals surface area contributed by atoms with Crippen molar-refractivity contribution in [2.24, 2.45) is 0 Å². The molecule has 0 bridgehead atoms. The molecule has 2 rings (SSSR count). The highest BCUT2D eigenvalue weighted by Crippen LogP contribution is 2.17. The standard InChI is InChI=1S/C12H17N5/c1-17(2)7-6-11-14-12(16-15-11)9-4-3-5-10(13)8-9/h3-5,8H,6-7,13H2,1-2H3,(H,14,15,16). The molecule has 0 atom stereocenters. The van der Waals surface area contributed by atoms with E-state index in [9.17, 15) is 0 Å². The Hall–Kier alpha value is -1.88. The van der Waals surface area contributed by atoms with Gasteiger partial charge in [-0.25, -0.2) is 4.98 Å². The van der Waals surface area contributed by atoms with Gasteiger partial charge in [-0.1, -0.05) is 12.1 Å². The van der Waals surface area contributed by atoms with E-state index < -0.39 is 0 Å². The summed E-state index contributed by atoms with van der Waals surface area (Å²) < 4.78 is 0. The van der Waals surface area contributed by atoms with Gasteiger partial charge in [0.1, 0.15) is 5.82 Å². The third-order valence-corrected chi connectivity index (χ3v) is 2.47. The number of nitrogen functional groups attached to an aromatic ring is 1. The lowest BCUT2D eigenvalue weighted by Gasteiger charge is -2.06. The molecule has 0 fully saturated rings. The van der Waals surface area contributed by atoms with Crippen LogP contribution in [-0.4, -0.2) is 40.7 Å². The third kappa shape index (κ3) is 3.04. The van der Waals surface area contributed by atoms with Gasteiger partial charge >= 0.3 is 0 Å². The Kier molecular flexibility index (Phi) is 3.39. The zero-order valence-corrected chi connectivity index (χ0v) is 10.1. The van der Waals surface area contributed by atoms with Gasteiger partial charge in [-0.05, 0) is 26.2 Å². The van der Waals surface area contributed by atoms with Gasteiger partial charge in [-0.3, -0.25) is 5.10 Å². The Morgan fingerprint density at radius 1 is 1.35 bits per heavy atom. The van der Waals surface area contributed by atoms with Crippen LogP contribution in [0.2, 0.25) is 0 Å². The van der Waals surface area contributed by atoms with Crippen LogP contribution in [0.25, 0.3) is 11.4 Å². The summed E-state index contributed by atoms with van der Waals surface area (Å²) in [5, 5.41) is 7.15. The first-order valence-corrected chi connectivity index (χ1v) is 5.57. The second kappa shape index (κ2) is 4.97. The number of aromatic amines is 1. The maximum atomic E-state index is 5.73. The van der Waals surface area contributed by atoms with E-state index in [1.807, 2.05) is 38.4 Å². The highest BCUT2D eigenvalue weighted by Gasteiger charge is 2.06. The van der Waals surface area contributed by atoms with Crippen LogP contribution in [0, 0.1) is 0 Å². The van der Waals surface area contributed by atoms with Crippen LogP contribution in [-0.2, 0) is 6.42 Å². The fourth-order valence-corrected chi connectivity index (χ4v) is 1.54. The molecule has 1 aromatic heterocycles. The molecule has 0 amide bonds. The van der Waals surface area contributed by atoms with Crippen LogP contribution in [0.5, 0.6) is 0 Å². The molecular formula is C12H17N5. The highest BCUT2D eigenvalue weighted by molar-refractivity contribution is 5.60. The largest absolute Gasteiger partial charge is 0.399 e. The molecule has 5 nitrogen and oxygen atoms in total. The first kappa shape index (κ1) is 11.6. The minimum absolute atomic E-state index is 0.700. The monoisotopic (exact) mass is 231 g/mol. The predicted molar refractivity (Wildman–Crippen MR) is 68.5 cm³/mol. The topological polar surface area (TPSA) is 70.8 Å². The van der Waals surface area contributed by atoms with Gasteiger partial charge in [0.25, 0.3) is 0 Å². The second-order valence-corrected chi connectivity index (χ2v) is 4.28. The number of rotatable bonds is 4. The maximum Gasteiger partial charge on any atom is 0.181 e. The normalized spacial score (nSPS) is 11.0. The summed E-state index contributed by atoms with van der Waals surface area (Å²) in [5.41, 5.74) is 7.39. The number of aromatic nitrogens is 3. The van der Waals surface area contributed by atoms with Crippen molar-refractivity contribution in [3.05, 3.63) is 30.1 Å². The zero-order valence-electron chi connectivity index (χ0n) is 10.1. The van der Waals surface area contributed by atoms with Gasteiger partial charge in [0.15, 0.2) is 5.82 Å². The molecule has 90 valence electrons. The average Bonchev–Trinajstić information content (AvgIpc) is 2.75. The average molecular weight is 231 g/mol. The molecule has 0 radical (unpaired) electrons. The van der Waals surface area contributed by atoms with Crippen LogP contribution in [0.15, 0.2) is 24.3 Å². The van der Waals surface area contributed by atoms with Crippen molar-refractivity contribution in [3.8, 4) is 11.4 Å². The number of nitrogens with one attached hydrogen (secondary N) is 1. The first-order valence-electron chi connectivity index (χ1n) is 5.57. The molecule has 0 aliphatic rings. The van der Waals surface area contributed by atoms with E-state index in [1.165, 1.54) is 0 Å². The van der Waals surface area contributed by atoms with Gasteiger partial charge in [0, 0.05) is 24.2 Å². The summed E-state index contributed by atoms with van der Waals surface area (Å²) in [5.74, 6) is 1.60. The lowest BCUT2D eigenvalue weighted by Crippen LogP contribution is -2.15. The molecule has 0 saturated carbocycles. The molecule has 1 aromatic carbocycles. The van der Waals surface area contributed by atoms with Crippen molar-refractivity contribution in [2.45, 2.75) is 6.42 Å². The van der Waals surface area contributed by atoms with E-state index in [-0.39, 0.29) is 0 Å². The van der Waals surface area contributed by atoms with Gasteiger partial charge in [0.05, 0.1) is 0 Å². The number of benzene rings is 1. The number of likely N-dealkylation sites (N-methyl/N-ethyl adjacent to an activating group) is 1. The summed E-state index contributed by atoms with van der Waals surface area (Å²) >= 11 is 0. The molecule has 1 heterocycles. The van der Waals surface area contributed by atoms with E-state index in [1.54, 1.807) is 0 Å². The van der Waals surface area contributed by atoms with Crippen molar-refractivity contribution in [3.63, 3.8) is 0 Å². The molecule has 17 heavy (non-hydrogen) atoms. The van der Waals surface area contributed by atoms with E-state index >= 15 is 0 Å². The number of hydrogen-bond donors (Lipinski definition) is 2. The third-order valence-electron chi connectivity index (χ3n) is 2.47. The number of hydrogen-bond acceptors (Lipinski definition) is 4. The van der Waals surface area contributed by atoms with Crippen molar-refractivity contribution < 1.29 is 0 Å². The number of nitrogens with two attached hydrogens (primary N) is 1. The van der Waals surface area contributed by atoms with Crippen LogP contribution in [0.3, 0.4) is 0 Å². The van der Waals surface area contributed by atoms with Gasteiger partial charge in [-0.2, -0.15) is 5.10 Å². The smallest absolute Gasteiger partial charge is 0.181 e. The zero-order chi connectivity index (χ0) is 12.3. The molecular weight excluding hydrogens is 214 g/mol. The van der Waals surface area contributed by atoms with Crippen LogP contribution < -0.4 is 5.73 Å². The fraction of sp³-hybridized carbons (Fsp3) is 0.333. The quantitative estimate of drug-likeness (QED) is 0.775. The highest BCUT2D eigenvalue weighted by atomic mass is 15.2. The Labute approximate surface area is 101 Å². The summed E-state index contributed by atoms with van der Waals surface area (Å²) in [6.07, 6.45) is 0.863. The Bertz CT molecular complexity index is 489. The summed E-state index contributed by atoms with van der Waals surface area (Å²) in [6, 6.07) is 7.58. The Balaban J connectivity index is 2.12. The van der Waals surface area contributed by atoms with E-state index in [0.717, 1.165) is 30.0 Å². The summed E-state index contributed by atoms with van der Waals surface area (Å²) in [4.78, 5) is 6.56. The van der Waals surface area contributed by atoms with E-state index in [2.05, 4.69) is 20.1 Å². The van der Waals surface area contributed by atoms with Crippen molar-refractivity contribution in [1.82, 2.24) is 20.1 Å². The van der Waals surface area contributed by atoms with Gasteiger partial charge in [0.2, 0.25) is 0 Å². The fourth-order valence-electron chi connectivity index (χ4n) is 1.54. The van der Waals surface area contributed by atoms with Gasteiger partial charge in [-0.15, -0.1) is 0 Å². The van der Waals surface area contributed by atoms with E-state index in [4.69, 9.17) is 5.73 Å². The lowest BCUT2D eigenvalue weighted by atomic mass is 10.2. The first-order chi connectivity index (χ1) is 8.15. The van der Waals surface area contributed by atoms with Crippen molar-refractivity contribution in [1.29, 1.82) is 0 Å². The molecule has 5 heteroatoms. The maximum absolute atomic E-state index is 5.73. The van der Waals surface area contributed by atoms with Crippen molar-refractivity contribution in [2.75, 3.05) is 26.4 Å². The van der Waals surface area contributed by atoms with E-state index in [0.29, 0.717) is 5.82 Å². The van der Waals surface area contributed by atoms with Crippen LogP contribution >= 0.6 is 0 Å². The lowest BCUT2D eigenvalue weighted by molar-refractivity contribution is 0.410. The number of anilines is 1. The minimum atomic E-state index is 0.700. The second-order valence-electron chi connectivity index (χ2n) is 4.28. The van der Waals surface area contributed by atoms with Crippen LogP contribution in [0.1, 0.15) is 5.82 Å². The summed E-state index contributed by atoms with van der Waals surface area (Å²) in [6.45, 7) is 0.950. The Morgan fingerprint density at radius 3 is 2.88 bits per heavy atom. The van der Waals surface area contributed by atoms with Crippen LogP contribution in [0.4, 0.5) is 5.69 Å². The minimum Gasteiger partial charge on any atom is -0.399 e. The number of H-pyrrole nitrogens is 1.